The lowest BCUT2D eigenvalue weighted by Gasteiger charge is -2.32. The van der Waals surface area contributed by atoms with Gasteiger partial charge in [0.25, 0.3) is 0 Å². The number of nitrogens with zero attached hydrogens (tertiary/aromatic N) is 3. The van der Waals surface area contributed by atoms with E-state index in [1.807, 2.05) is 39.9 Å². The highest BCUT2D eigenvalue weighted by Gasteiger charge is 2.19. The van der Waals surface area contributed by atoms with E-state index in [1.54, 1.807) is 0 Å². The van der Waals surface area contributed by atoms with Crippen LogP contribution in [0.15, 0.2) is 30.5 Å². The van der Waals surface area contributed by atoms with Crippen LogP contribution in [0.1, 0.15) is 5.56 Å². The van der Waals surface area contributed by atoms with Gasteiger partial charge in [-0.25, -0.2) is 0 Å². The zero-order chi connectivity index (χ0) is 14.8. The predicted molar refractivity (Wildman–Crippen MR) is 81.9 cm³/mol. The van der Waals surface area contributed by atoms with Crippen LogP contribution in [0.5, 0.6) is 0 Å². The topological polar surface area (TPSA) is 48.7 Å². The molecule has 3 rings (SSSR count). The van der Waals surface area contributed by atoms with E-state index in [0.717, 1.165) is 42.6 Å². The van der Waals surface area contributed by atoms with Crippen molar-refractivity contribution in [2.45, 2.75) is 13.2 Å². The van der Waals surface area contributed by atoms with E-state index in [4.69, 9.17) is 0 Å². The minimum Gasteiger partial charge on any atom is -0.392 e. The maximum absolute atomic E-state index is 12.4. The zero-order valence-electron chi connectivity index (χ0n) is 12.3. The van der Waals surface area contributed by atoms with Gasteiger partial charge in [-0.15, -0.1) is 0 Å². The first-order valence-electron chi connectivity index (χ1n) is 7.33. The molecule has 0 atom stereocenters. The highest BCUT2D eigenvalue weighted by Crippen LogP contribution is 2.20. The van der Waals surface area contributed by atoms with Crippen molar-refractivity contribution in [3.8, 4) is 0 Å². The Labute approximate surface area is 124 Å². The summed E-state index contributed by atoms with van der Waals surface area (Å²) >= 11 is 0. The van der Waals surface area contributed by atoms with Crippen LogP contribution in [0, 0.1) is 0 Å². The molecule has 2 heterocycles. The van der Waals surface area contributed by atoms with Gasteiger partial charge < -0.3 is 19.5 Å². The van der Waals surface area contributed by atoms with Gasteiger partial charge in [0, 0.05) is 43.3 Å². The SMILES string of the molecule is CN1CCN(C(=O)Cn2ccc3c(CO)cccc32)CC1. The maximum atomic E-state index is 12.4. The van der Waals surface area contributed by atoms with E-state index < -0.39 is 0 Å². The lowest BCUT2D eigenvalue weighted by atomic mass is 10.1. The van der Waals surface area contributed by atoms with Gasteiger partial charge in [0.2, 0.25) is 5.91 Å². The molecule has 0 spiro atoms. The summed E-state index contributed by atoms with van der Waals surface area (Å²) in [7, 11) is 2.08. The summed E-state index contributed by atoms with van der Waals surface area (Å²) in [6.07, 6.45) is 1.93. The van der Waals surface area contributed by atoms with Crippen LogP contribution in [0.3, 0.4) is 0 Å². The summed E-state index contributed by atoms with van der Waals surface area (Å²) in [6, 6.07) is 7.80. The van der Waals surface area contributed by atoms with E-state index >= 15 is 0 Å². The van der Waals surface area contributed by atoms with Crippen LogP contribution in [-0.2, 0) is 17.9 Å². The lowest BCUT2D eigenvalue weighted by molar-refractivity contribution is -0.133. The first-order valence-corrected chi connectivity index (χ1v) is 7.33. The monoisotopic (exact) mass is 287 g/mol. The Bertz CT molecular complexity index is 642. The number of aliphatic hydroxyl groups is 1. The van der Waals surface area contributed by atoms with Crippen LogP contribution >= 0.6 is 0 Å². The Kier molecular flexibility index (Phi) is 3.94. The summed E-state index contributed by atoms with van der Waals surface area (Å²) in [5.74, 6) is 0.162. The number of fused-ring (bicyclic) bond motifs is 1. The van der Waals surface area contributed by atoms with Crippen molar-refractivity contribution in [2.24, 2.45) is 0 Å². The number of aliphatic hydroxyl groups excluding tert-OH is 1. The number of aromatic nitrogens is 1. The summed E-state index contributed by atoms with van der Waals surface area (Å²) in [5.41, 5.74) is 1.90. The standard InChI is InChI=1S/C16H21N3O2/c1-17-7-9-18(10-8-17)16(21)11-19-6-5-14-13(12-20)3-2-4-15(14)19/h2-6,20H,7-12H2,1H3. The molecule has 21 heavy (non-hydrogen) atoms. The largest absolute Gasteiger partial charge is 0.392 e. The third kappa shape index (κ3) is 2.80. The van der Waals surface area contributed by atoms with Crippen LogP contribution < -0.4 is 0 Å². The molecule has 1 saturated heterocycles. The normalized spacial score (nSPS) is 16.6. The molecule has 5 heteroatoms. The molecule has 0 bridgehead atoms. The molecule has 1 aliphatic rings. The minimum absolute atomic E-state index is 0.0216. The third-order valence-electron chi connectivity index (χ3n) is 4.24. The first kappa shape index (κ1) is 14.1. The van der Waals surface area contributed by atoms with Gasteiger partial charge in [0.1, 0.15) is 6.54 Å². The molecular weight excluding hydrogens is 266 g/mol. The highest BCUT2D eigenvalue weighted by molar-refractivity contribution is 5.85. The molecular formula is C16H21N3O2. The molecule has 0 aliphatic carbocycles. The van der Waals surface area contributed by atoms with Gasteiger partial charge in [0.05, 0.1) is 6.61 Å². The number of hydrogen-bond donors (Lipinski definition) is 1. The Morgan fingerprint density at radius 1 is 1.19 bits per heavy atom. The average Bonchev–Trinajstić information content (AvgIpc) is 2.91. The lowest BCUT2D eigenvalue weighted by Crippen LogP contribution is -2.48. The maximum Gasteiger partial charge on any atom is 0.242 e. The fraction of sp³-hybridized carbons (Fsp3) is 0.438. The molecule has 1 aliphatic heterocycles. The summed E-state index contributed by atoms with van der Waals surface area (Å²) in [4.78, 5) is 16.6. The molecule has 2 aromatic rings. The van der Waals surface area contributed by atoms with Crippen LogP contribution in [0.4, 0.5) is 0 Å². The van der Waals surface area contributed by atoms with Gasteiger partial charge in [0.15, 0.2) is 0 Å². The summed E-state index contributed by atoms with van der Waals surface area (Å²) in [6.45, 7) is 3.86. The number of benzene rings is 1. The number of carbonyl (C=O) groups is 1. The number of likely N-dealkylation sites (N-methyl/N-ethyl adjacent to an activating group) is 1. The summed E-state index contributed by atoms with van der Waals surface area (Å²) < 4.78 is 1.97. The van der Waals surface area contributed by atoms with Gasteiger partial charge in [-0.1, -0.05) is 12.1 Å². The molecule has 1 N–H and O–H groups in total. The predicted octanol–water partition coefficient (Wildman–Crippen LogP) is 0.908. The fourth-order valence-electron chi connectivity index (χ4n) is 2.86. The molecule has 5 nitrogen and oxygen atoms in total. The van der Waals surface area contributed by atoms with Crippen molar-refractivity contribution in [3.05, 3.63) is 36.0 Å². The smallest absolute Gasteiger partial charge is 0.242 e. The van der Waals surface area contributed by atoms with Crippen molar-refractivity contribution >= 4 is 16.8 Å². The van der Waals surface area contributed by atoms with E-state index in [1.165, 1.54) is 0 Å². The molecule has 0 radical (unpaired) electrons. The van der Waals surface area contributed by atoms with E-state index in [0.29, 0.717) is 6.54 Å². The Hall–Kier alpha value is -1.85. The zero-order valence-corrected chi connectivity index (χ0v) is 12.3. The van der Waals surface area contributed by atoms with Crippen molar-refractivity contribution in [3.63, 3.8) is 0 Å². The summed E-state index contributed by atoms with van der Waals surface area (Å²) in [5, 5.41) is 10.4. The molecule has 0 unspecified atom stereocenters. The van der Waals surface area contributed by atoms with Gasteiger partial charge in [-0.2, -0.15) is 0 Å². The van der Waals surface area contributed by atoms with Crippen molar-refractivity contribution in [1.82, 2.24) is 14.4 Å². The van der Waals surface area contributed by atoms with Gasteiger partial charge in [-0.05, 0) is 24.7 Å². The van der Waals surface area contributed by atoms with E-state index in [9.17, 15) is 9.90 Å². The van der Waals surface area contributed by atoms with Gasteiger partial charge >= 0.3 is 0 Å². The van der Waals surface area contributed by atoms with Crippen LogP contribution in [-0.4, -0.2) is 58.6 Å². The molecule has 1 aromatic carbocycles. The Balaban J connectivity index is 1.77. The van der Waals surface area contributed by atoms with Gasteiger partial charge in [-0.3, -0.25) is 4.79 Å². The molecule has 112 valence electrons. The Morgan fingerprint density at radius 3 is 2.67 bits per heavy atom. The molecule has 0 saturated carbocycles. The van der Waals surface area contributed by atoms with E-state index in [-0.39, 0.29) is 12.5 Å². The number of hydrogen-bond acceptors (Lipinski definition) is 3. The number of amides is 1. The number of rotatable bonds is 3. The minimum atomic E-state index is 0.0216. The molecule has 1 fully saturated rings. The van der Waals surface area contributed by atoms with Crippen LogP contribution in [0.2, 0.25) is 0 Å². The number of piperazine rings is 1. The van der Waals surface area contributed by atoms with Crippen LogP contribution in [0.25, 0.3) is 10.9 Å². The van der Waals surface area contributed by atoms with Crippen molar-refractivity contribution in [2.75, 3.05) is 33.2 Å². The van der Waals surface area contributed by atoms with Crippen molar-refractivity contribution < 1.29 is 9.90 Å². The number of carbonyl (C=O) groups excluding carboxylic acids is 1. The second-order valence-corrected chi connectivity index (χ2v) is 5.64. The average molecular weight is 287 g/mol. The van der Waals surface area contributed by atoms with E-state index in [2.05, 4.69) is 11.9 Å². The fourth-order valence-corrected chi connectivity index (χ4v) is 2.86. The molecule has 1 amide bonds. The Morgan fingerprint density at radius 2 is 1.95 bits per heavy atom. The second-order valence-electron chi connectivity index (χ2n) is 5.64. The second kappa shape index (κ2) is 5.87. The third-order valence-corrected chi connectivity index (χ3v) is 4.24. The van der Waals surface area contributed by atoms with Crippen molar-refractivity contribution in [1.29, 1.82) is 0 Å². The molecule has 1 aromatic heterocycles. The highest BCUT2D eigenvalue weighted by atomic mass is 16.3. The quantitative estimate of drug-likeness (QED) is 0.913. The first-order chi connectivity index (χ1) is 10.2.